The number of nitrogens with one attached hydrogen (secondary N) is 2. The van der Waals surface area contributed by atoms with Crippen LogP contribution in [0.2, 0.25) is 10.0 Å². The molecule has 2 aromatic carbocycles. The van der Waals surface area contributed by atoms with E-state index in [4.69, 9.17) is 23.2 Å². The van der Waals surface area contributed by atoms with E-state index in [1.165, 1.54) is 0 Å². The van der Waals surface area contributed by atoms with Crippen molar-refractivity contribution in [3.8, 4) is 0 Å². The van der Waals surface area contributed by atoms with Crippen LogP contribution in [0.5, 0.6) is 0 Å². The number of halogens is 2. The fourth-order valence-electron chi connectivity index (χ4n) is 1.91. The average molecular weight is 354 g/mol. The lowest BCUT2D eigenvalue weighted by Gasteiger charge is -2.23. The SMILES string of the molecule is CC(CNc1ccc(Cl)cc1)(CNc1ccc(Cl)cc1)[N+](=O)[O-]. The van der Waals surface area contributed by atoms with Crippen LogP contribution in [0.1, 0.15) is 6.92 Å². The zero-order valence-electron chi connectivity index (χ0n) is 12.6. The highest BCUT2D eigenvalue weighted by Crippen LogP contribution is 2.18. The smallest absolute Gasteiger partial charge is 0.253 e. The summed E-state index contributed by atoms with van der Waals surface area (Å²) >= 11 is 11.7. The standard InChI is InChI=1S/C16H17Cl2N3O2/c1-16(21(22)23,10-19-14-6-2-12(17)3-7-14)11-20-15-8-4-13(18)5-9-15/h2-9,19-20H,10-11H2,1H3. The molecule has 122 valence electrons. The molecule has 5 nitrogen and oxygen atoms in total. The normalized spacial score (nSPS) is 11.1. The second-order valence-electron chi connectivity index (χ2n) is 5.47. The van der Waals surface area contributed by atoms with Gasteiger partial charge in [-0.25, -0.2) is 0 Å². The Kier molecular flexibility index (Phi) is 5.69. The first-order valence-electron chi connectivity index (χ1n) is 7.02. The average Bonchev–Trinajstić information content (AvgIpc) is 2.53. The lowest BCUT2D eigenvalue weighted by Crippen LogP contribution is -2.47. The van der Waals surface area contributed by atoms with Crippen LogP contribution in [-0.4, -0.2) is 23.6 Å². The fourth-order valence-corrected chi connectivity index (χ4v) is 2.16. The van der Waals surface area contributed by atoms with E-state index in [1.807, 2.05) is 0 Å². The maximum absolute atomic E-state index is 11.5. The van der Waals surface area contributed by atoms with Gasteiger partial charge in [0, 0.05) is 33.3 Å². The molecule has 0 saturated carbocycles. The fraction of sp³-hybridized carbons (Fsp3) is 0.250. The van der Waals surface area contributed by atoms with Crippen LogP contribution >= 0.6 is 23.2 Å². The molecule has 0 spiro atoms. The Hall–Kier alpha value is -1.98. The topological polar surface area (TPSA) is 67.2 Å². The molecule has 0 fully saturated rings. The lowest BCUT2D eigenvalue weighted by atomic mass is 10.0. The molecular formula is C16H17Cl2N3O2. The Balaban J connectivity index is 1.98. The van der Waals surface area contributed by atoms with Crippen molar-refractivity contribution in [2.24, 2.45) is 0 Å². The molecule has 0 aliphatic heterocycles. The molecule has 0 amide bonds. The van der Waals surface area contributed by atoms with E-state index in [-0.39, 0.29) is 18.0 Å². The van der Waals surface area contributed by atoms with E-state index in [0.717, 1.165) is 11.4 Å². The summed E-state index contributed by atoms with van der Waals surface area (Å²) in [7, 11) is 0. The van der Waals surface area contributed by atoms with Crippen LogP contribution in [0, 0.1) is 10.1 Å². The van der Waals surface area contributed by atoms with Gasteiger partial charge in [0.25, 0.3) is 5.54 Å². The van der Waals surface area contributed by atoms with Crippen molar-refractivity contribution in [2.75, 3.05) is 23.7 Å². The summed E-state index contributed by atoms with van der Waals surface area (Å²) in [5.41, 5.74) is 0.405. The van der Waals surface area contributed by atoms with Crippen molar-refractivity contribution in [1.82, 2.24) is 0 Å². The molecule has 0 aliphatic carbocycles. The molecule has 0 saturated heterocycles. The zero-order chi connectivity index (χ0) is 16.9. The van der Waals surface area contributed by atoms with E-state index in [0.29, 0.717) is 10.0 Å². The first kappa shape index (κ1) is 17.4. The Morgan fingerprint density at radius 3 is 1.57 bits per heavy atom. The van der Waals surface area contributed by atoms with Gasteiger partial charge in [0.1, 0.15) is 0 Å². The lowest BCUT2D eigenvalue weighted by molar-refractivity contribution is -0.556. The van der Waals surface area contributed by atoms with Crippen LogP contribution in [0.15, 0.2) is 48.5 Å². The highest BCUT2D eigenvalue weighted by Gasteiger charge is 2.36. The Labute approximate surface area is 144 Å². The first-order chi connectivity index (χ1) is 10.9. The zero-order valence-corrected chi connectivity index (χ0v) is 14.1. The third kappa shape index (κ3) is 5.01. The summed E-state index contributed by atoms with van der Waals surface area (Å²) in [4.78, 5) is 11.2. The van der Waals surface area contributed by atoms with Gasteiger partial charge >= 0.3 is 0 Å². The van der Waals surface area contributed by atoms with Crippen LogP contribution in [0.4, 0.5) is 11.4 Å². The predicted octanol–water partition coefficient (Wildman–Crippen LogP) is 4.55. The molecular weight excluding hydrogens is 337 g/mol. The molecule has 0 unspecified atom stereocenters. The molecule has 0 aromatic heterocycles. The Morgan fingerprint density at radius 2 is 1.26 bits per heavy atom. The van der Waals surface area contributed by atoms with Crippen LogP contribution < -0.4 is 10.6 Å². The number of nitro groups is 1. The van der Waals surface area contributed by atoms with Crippen molar-refractivity contribution in [3.63, 3.8) is 0 Å². The number of hydrogen-bond acceptors (Lipinski definition) is 4. The van der Waals surface area contributed by atoms with Crippen molar-refractivity contribution in [1.29, 1.82) is 0 Å². The molecule has 2 aromatic rings. The molecule has 23 heavy (non-hydrogen) atoms. The summed E-state index contributed by atoms with van der Waals surface area (Å²) in [5.74, 6) is 0. The molecule has 7 heteroatoms. The molecule has 0 atom stereocenters. The van der Waals surface area contributed by atoms with Crippen molar-refractivity contribution in [3.05, 3.63) is 68.7 Å². The minimum Gasteiger partial charge on any atom is -0.378 e. The molecule has 0 bridgehead atoms. The van der Waals surface area contributed by atoms with Gasteiger partial charge in [0.2, 0.25) is 0 Å². The summed E-state index contributed by atoms with van der Waals surface area (Å²) in [5, 5.41) is 18.9. The molecule has 0 radical (unpaired) electrons. The number of rotatable bonds is 7. The van der Waals surface area contributed by atoms with E-state index < -0.39 is 5.54 Å². The van der Waals surface area contributed by atoms with Crippen LogP contribution in [0.25, 0.3) is 0 Å². The van der Waals surface area contributed by atoms with Crippen molar-refractivity contribution < 1.29 is 4.92 Å². The van der Waals surface area contributed by atoms with E-state index >= 15 is 0 Å². The van der Waals surface area contributed by atoms with E-state index in [9.17, 15) is 10.1 Å². The van der Waals surface area contributed by atoms with Gasteiger partial charge in [-0.05, 0) is 48.5 Å². The number of nitrogens with zero attached hydrogens (tertiary/aromatic N) is 1. The van der Waals surface area contributed by atoms with Gasteiger partial charge in [-0.3, -0.25) is 10.1 Å². The molecule has 0 heterocycles. The number of anilines is 2. The minimum atomic E-state index is -1.17. The van der Waals surface area contributed by atoms with Gasteiger partial charge in [-0.2, -0.15) is 0 Å². The van der Waals surface area contributed by atoms with Gasteiger partial charge < -0.3 is 10.6 Å². The first-order valence-corrected chi connectivity index (χ1v) is 7.78. The monoisotopic (exact) mass is 353 g/mol. The minimum absolute atomic E-state index is 0.183. The maximum Gasteiger partial charge on any atom is 0.253 e. The number of benzene rings is 2. The quantitative estimate of drug-likeness (QED) is 0.565. The van der Waals surface area contributed by atoms with Gasteiger partial charge in [-0.1, -0.05) is 23.2 Å². The third-order valence-corrected chi connectivity index (χ3v) is 3.98. The second kappa shape index (κ2) is 7.53. The summed E-state index contributed by atoms with van der Waals surface area (Å²) in [6, 6.07) is 14.1. The summed E-state index contributed by atoms with van der Waals surface area (Å²) in [6.45, 7) is 1.96. The van der Waals surface area contributed by atoms with Gasteiger partial charge in [0.15, 0.2) is 0 Å². The van der Waals surface area contributed by atoms with Gasteiger partial charge in [-0.15, -0.1) is 0 Å². The molecule has 0 aliphatic rings. The Morgan fingerprint density at radius 1 is 0.913 bits per heavy atom. The largest absolute Gasteiger partial charge is 0.378 e. The third-order valence-electron chi connectivity index (χ3n) is 3.48. The summed E-state index contributed by atoms with van der Waals surface area (Å²) < 4.78 is 0. The number of hydrogen-bond donors (Lipinski definition) is 2. The van der Waals surface area contributed by atoms with Crippen molar-refractivity contribution >= 4 is 34.6 Å². The predicted molar refractivity (Wildman–Crippen MR) is 95.3 cm³/mol. The maximum atomic E-state index is 11.5. The highest BCUT2D eigenvalue weighted by molar-refractivity contribution is 6.30. The van der Waals surface area contributed by atoms with E-state index in [1.54, 1.807) is 55.5 Å². The van der Waals surface area contributed by atoms with Crippen molar-refractivity contribution in [2.45, 2.75) is 12.5 Å². The van der Waals surface area contributed by atoms with E-state index in [2.05, 4.69) is 10.6 Å². The van der Waals surface area contributed by atoms with Crippen LogP contribution in [-0.2, 0) is 0 Å². The molecule has 2 rings (SSSR count). The molecule has 2 N–H and O–H groups in total. The van der Waals surface area contributed by atoms with Crippen LogP contribution in [0.3, 0.4) is 0 Å². The Bertz CT molecular complexity index is 611. The second-order valence-corrected chi connectivity index (χ2v) is 6.35. The highest BCUT2D eigenvalue weighted by atomic mass is 35.5. The summed E-state index contributed by atoms with van der Waals surface area (Å²) in [6.07, 6.45) is 0. The van der Waals surface area contributed by atoms with Gasteiger partial charge in [0.05, 0.1) is 13.1 Å².